The molecule has 4 aliphatic heterocycles. The van der Waals surface area contributed by atoms with E-state index in [1.807, 2.05) is 75.4 Å². The van der Waals surface area contributed by atoms with Gasteiger partial charge in [-0.1, -0.05) is 55.0 Å². The number of rotatable bonds is 7. The number of benzene rings is 2. The van der Waals surface area contributed by atoms with Crippen molar-refractivity contribution in [3.8, 4) is 5.75 Å². The van der Waals surface area contributed by atoms with Crippen LogP contribution in [0.1, 0.15) is 25.8 Å². The third-order valence-corrected chi connectivity index (χ3v) is 9.39. The van der Waals surface area contributed by atoms with Crippen LogP contribution in [0.2, 0.25) is 5.02 Å². The van der Waals surface area contributed by atoms with Crippen molar-refractivity contribution in [2.45, 2.75) is 51.0 Å². The van der Waals surface area contributed by atoms with Crippen molar-refractivity contribution >= 4 is 40.7 Å². The van der Waals surface area contributed by atoms with Crippen molar-refractivity contribution in [1.29, 1.82) is 0 Å². The summed E-state index contributed by atoms with van der Waals surface area (Å²) in [4.78, 5) is 48.2. The molecular weight excluding hydrogens is 570 g/mol. The van der Waals surface area contributed by atoms with Crippen molar-refractivity contribution in [2.24, 2.45) is 11.8 Å². The van der Waals surface area contributed by atoms with Gasteiger partial charge in [-0.05, 0) is 56.2 Å². The number of ether oxygens (including phenoxy) is 2. The van der Waals surface area contributed by atoms with Crippen molar-refractivity contribution in [3.63, 3.8) is 0 Å². The van der Waals surface area contributed by atoms with Gasteiger partial charge in [0.05, 0.1) is 47.9 Å². The minimum atomic E-state index is -1.40. The summed E-state index contributed by atoms with van der Waals surface area (Å²) in [6.45, 7) is 6.37. The molecule has 1 unspecified atom stereocenters. The number of aliphatic hydroxyl groups excluding tert-OH is 1. The van der Waals surface area contributed by atoms with E-state index in [1.165, 1.54) is 4.90 Å². The molecule has 2 fully saturated rings. The van der Waals surface area contributed by atoms with E-state index < -0.39 is 35.6 Å². The highest BCUT2D eigenvalue weighted by molar-refractivity contribution is 6.34. The Balaban J connectivity index is 1.44. The van der Waals surface area contributed by atoms with Gasteiger partial charge in [-0.25, -0.2) is 0 Å². The quantitative estimate of drug-likeness (QED) is 0.481. The molecule has 6 rings (SSSR count). The van der Waals surface area contributed by atoms with Crippen LogP contribution in [0.25, 0.3) is 0 Å². The standard InChI is InChI=1S/C33H36ClN3O6/c1-4-21(19-38)37-29-32(41)36(28-20(3)9-6-10-24(28)34)18-8-16-33(29)27(31(37)40)26-25(43-33)11-7-17-35(30(26)39)22-12-14-23(15-13-22)42-5-2/h6-16,21,25-27,29,38H,4-5,17-19H2,1-3H3/t21-,25+,26-,27-,29?,33-/m0/s1. The lowest BCUT2D eigenvalue weighted by Crippen LogP contribution is -2.58. The molecule has 10 heteroatoms. The van der Waals surface area contributed by atoms with Gasteiger partial charge >= 0.3 is 0 Å². The normalized spacial score (nSPS) is 28.9. The number of aryl methyl sites for hydroxylation is 1. The predicted octanol–water partition coefficient (Wildman–Crippen LogP) is 3.90. The third kappa shape index (κ3) is 4.56. The van der Waals surface area contributed by atoms with Crippen LogP contribution in [-0.4, -0.2) is 77.8 Å². The maximum Gasteiger partial charge on any atom is 0.253 e. The fourth-order valence-electron chi connectivity index (χ4n) is 7.17. The number of anilines is 2. The third-order valence-electron chi connectivity index (χ3n) is 9.09. The average Bonchev–Trinajstić information content (AvgIpc) is 3.31. The van der Waals surface area contributed by atoms with Gasteiger partial charge in [0, 0.05) is 18.8 Å². The molecule has 3 amide bonds. The smallest absolute Gasteiger partial charge is 0.253 e. The number of para-hydroxylation sites is 1. The summed E-state index contributed by atoms with van der Waals surface area (Å²) in [5, 5.41) is 10.8. The highest BCUT2D eigenvalue weighted by Gasteiger charge is 2.72. The largest absolute Gasteiger partial charge is 0.494 e. The SMILES string of the molecule is CCOc1ccc(N2CC=C[C@H]3O[C@]45C=CCN(c6c(C)cccc6Cl)C(=O)C4N([C@@H](CC)CO)C(=O)[C@@H]5[C@H]3C2=O)cc1. The fourth-order valence-corrected chi connectivity index (χ4v) is 7.49. The molecule has 2 saturated heterocycles. The molecule has 0 bridgehead atoms. The first kappa shape index (κ1) is 29.4. The second-order valence-electron chi connectivity index (χ2n) is 11.4. The summed E-state index contributed by atoms with van der Waals surface area (Å²) < 4.78 is 12.3. The van der Waals surface area contributed by atoms with Crippen LogP contribution in [0, 0.1) is 18.8 Å². The molecule has 0 aromatic heterocycles. The lowest BCUT2D eigenvalue weighted by Gasteiger charge is -2.38. The molecule has 9 nitrogen and oxygen atoms in total. The van der Waals surface area contributed by atoms with Gasteiger partial charge in [-0.2, -0.15) is 0 Å². The number of likely N-dealkylation sites (tertiary alicyclic amines) is 1. The minimum Gasteiger partial charge on any atom is -0.494 e. The Morgan fingerprint density at radius 2 is 1.77 bits per heavy atom. The highest BCUT2D eigenvalue weighted by atomic mass is 35.5. The molecule has 1 N–H and O–H groups in total. The molecule has 1 spiro atoms. The first-order valence-corrected chi connectivity index (χ1v) is 15.2. The average molecular weight is 606 g/mol. The van der Waals surface area contributed by atoms with E-state index >= 15 is 0 Å². The van der Waals surface area contributed by atoms with Gasteiger partial charge in [-0.15, -0.1) is 0 Å². The molecule has 2 aromatic rings. The van der Waals surface area contributed by atoms with Gasteiger partial charge in [0.1, 0.15) is 17.4 Å². The molecule has 4 aliphatic rings. The van der Waals surface area contributed by atoms with E-state index in [9.17, 15) is 19.5 Å². The van der Waals surface area contributed by atoms with Gasteiger partial charge in [0.2, 0.25) is 11.8 Å². The molecule has 226 valence electrons. The number of carbonyl (C=O) groups is 3. The highest BCUT2D eigenvalue weighted by Crippen LogP contribution is 2.54. The number of amides is 3. The second-order valence-corrected chi connectivity index (χ2v) is 11.8. The zero-order chi connectivity index (χ0) is 30.5. The van der Waals surface area contributed by atoms with E-state index in [4.69, 9.17) is 21.1 Å². The number of fused-ring (bicyclic) bond motifs is 2. The maximum absolute atomic E-state index is 14.6. The van der Waals surface area contributed by atoms with Crippen LogP contribution in [0.5, 0.6) is 5.75 Å². The number of halogens is 1. The Labute approximate surface area is 256 Å². The Morgan fingerprint density at radius 1 is 1.02 bits per heavy atom. The Morgan fingerprint density at radius 3 is 2.44 bits per heavy atom. The summed E-state index contributed by atoms with van der Waals surface area (Å²) in [5.74, 6) is -2.12. The van der Waals surface area contributed by atoms with Crippen LogP contribution < -0.4 is 14.5 Å². The number of aliphatic hydroxyl groups is 1. The van der Waals surface area contributed by atoms with Crippen molar-refractivity contribution in [1.82, 2.24) is 4.90 Å². The lowest BCUT2D eigenvalue weighted by atomic mass is 9.77. The van der Waals surface area contributed by atoms with Gasteiger partial charge in [0.15, 0.2) is 0 Å². The fraction of sp³-hybridized carbons (Fsp3) is 0.424. The molecule has 43 heavy (non-hydrogen) atoms. The van der Waals surface area contributed by atoms with Crippen molar-refractivity contribution in [2.75, 3.05) is 36.1 Å². The van der Waals surface area contributed by atoms with Gasteiger partial charge in [-0.3, -0.25) is 14.4 Å². The second kappa shape index (κ2) is 11.4. The predicted molar refractivity (Wildman–Crippen MR) is 163 cm³/mol. The Bertz CT molecular complexity index is 1470. The summed E-state index contributed by atoms with van der Waals surface area (Å²) in [5.41, 5.74) is 0.646. The van der Waals surface area contributed by atoms with E-state index in [2.05, 4.69) is 0 Å². The Kier molecular flexibility index (Phi) is 7.83. The number of hydrogen-bond donors (Lipinski definition) is 1. The number of carbonyl (C=O) groups excluding carboxylic acids is 3. The van der Waals surface area contributed by atoms with Crippen LogP contribution in [0.4, 0.5) is 11.4 Å². The number of nitrogens with zero attached hydrogens (tertiary/aromatic N) is 3. The van der Waals surface area contributed by atoms with Gasteiger partial charge in [0.25, 0.3) is 5.91 Å². The van der Waals surface area contributed by atoms with E-state index in [1.54, 1.807) is 21.9 Å². The minimum absolute atomic E-state index is 0.215. The molecule has 0 radical (unpaired) electrons. The lowest BCUT2D eigenvalue weighted by molar-refractivity contribution is -0.144. The first-order valence-electron chi connectivity index (χ1n) is 14.8. The van der Waals surface area contributed by atoms with E-state index in [-0.39, 0.29) is 30.9 Å². The molecule has 0 aliphatic carbocycles. The molecule has 0 saturated carbocycles. The van der Waals surface area contributed by atoms with Crippen LogP contribution in [-0.2, 0) is 19.1 Å². The summed E-state index contributed by atoms with van der Waals surface area (Å²) in [7, 11) is 0. The molecule has 4 heterocycles. The van der Waals surface area contributed by atoms with Crippen LogP contribution in [0.15, 0.2) is 66.8 Å². The summed E-state index contributed by atoms with van der Waals surface area (Å²) in [6.07, 6.45) is 7.04. The van der Waals surface area contributed by atoms with E-state index in [0.29, 0.717) is 41.7 Å². The zero-order valence-corrected chi connectivity index (χ0v) is 25.2. The molecule has 6 atom stereocenters. The molecular formula is C33H36ClN3O6. The first-order chi connectivity index (χ1) is 20.8. The van der Waals surface area contributed by atoms with Crippen LogP contribution in [0.3, 0.4) is 0 Å². The topological polar surface area (TPSA) is 99.6 Å². The number of hydrogen-bond acceptors (Lipinski definition) is 6. The van der Waals surface area contributed by atoms with Crippen LogP contribution >= 0.6 is 11.6 Å². The van der Waals surface area contributed by atoms with Crippen molar-refractivity contribution < 1.29 is 29.0 Å². The monoisotopic (exact) mass is 605 g/mol. The van der Waals surface area contributed by atoms with Gasteiger partial charge < -0.3 is 29.3 Å². The summed E-state index contributed by atoms with van der Waals surface area (Å²) in [6, 6.07) is 11.0. The Hall–Kier alpha value is -3.66. The summed E-state index contributed by atoms with van der Waals surface area (Å²) >= 11 is 6.62. The zero-order valence-electron chi connectivity index (χ0n) is 24.5. The molecule has 2 aromatic carbocycles. The van der Waals surface area contributed by atoms with Crippen molar-refractivity contribution in [3.05, 3.63) is 77.4 Å². The maximum atomic E-state index is 14.6. The van der Waals surface area contributed by atoms with E-state index in [0.717, 1.165) is 5.56 Å².